The van der Waals surface area contributed by atoms with Gasteiger partial charge in [0.2, 0.25) is 0 Å². The monoisotopic (exact) mass is 264 g/mol. The van der Waals surface area contributed by atoms with Crippen molar-refractivity contribution in [2.45, 2.75) is 12.8 Å². The quantitative estimate of drug-likeness (QED) is 0.583. The van der Waals surface area contributed by atoms with Crippen LogP contribution in [0.2, 0.25) is 0 Å². The Labute approximate surface area is 105 Å². The molecule has 0 radical (unpaired) electrons. The maximum atomic E-state index is 11.9. The molecular weight excluding hydrogens is 240 g/mol. The van der Waals surface area contributed by atoms with Crippen LogP contribution in [-0.4, -0.2) is 71.0 Å². The Bertz CT molecular complexity index is 299. The molecule has 1 fully saturated rings. The number of piperazine rings is 1. The molecule has 102 valence electrons. The molecule has 17 heavy (non-hydrogen) atoms. The van der Waals surface area contributed by atoms with Crippen LogP contribution in [-0.2, 0) is 10.2 Å². The van der Waals surface area contributed by atoms with Crippen molar-refractivity contribution in [1.82, 2.24) is 19.2 Å². The number of nitrogens with one attached hydrogen (secondary N) is 2. The van der Waals surface area contributed by atoms with E-state index >= 15 is 0 Å². The number of unbranched alkanes of at least 4 members (excludes halogenated alkanes) is 1. The minimum Gasteiger partial charge on any atom is -0.314 e. The summed E-state index contributed by atoms with van der Waals surface area (Å²) in [6.45, 7) is 4.12. The zero-order chi connectivity index (χ0) is 12.7. The Morgan fingerprint density at radius 1 is 1.24 bits per heavy atom. The lowest BCUT2D eigenvalue weighted by Gasteiger charge is -2.26. The van der Waals surface area contributed by atoms with Crippen LogP contribution in [0, 0.1) is 0 Å². The van der Waals surface area contributed by atoms with E-state index in [-0.39, 0.29) is 0 Å². The number of nitrogens with zero attached hydrogens (tertiary/aromatic N) is 2. The first kappa shape index (κ1) is 14.8. The molecule has 1 saturated heterocycles. The maximum absolute atomic E-state index is 11.9. The molecule has 1 rings (SSSR count). The maximum Gasteiger partial charge on any atom is 0.279 e. The van der Waals surface area contributed by atoms with Gasteiger partial charge in [0.15, 0.2) is 0 Å². The lowest BCUT2D eigenvalue weighted by atomic mass is 10.3. The highest BCUT2D eigenvalue weighted by atomic mass is 32.2. The minimum atomic E-state index is -3.25. The van der Waals surface area contributed by atoms with Crippen LogP contribution in [0.25, 0.3) is 0 Å². The summed E-state index contributed by atoms with van der Waals surface area (Å²) in [6, 6.07) is 0. The van der Waals surface area contributed by atoms with Gasteiger partial charge >= 0.3 is 0 Å². The summed E-state index contributed by atoms with van der Waals surface area (Å²) in [5, 5.41) is 3.14. The van der Waals surface area contributed by atoms with Gasteiger partial charge in [-0.15, -0.1) is 0 Å². The van der Waals surface area contributed by atoms with Crippen molar-refractivity contribution in [3.8, 4) is 0 Å². The SMILES string of the molecule is CN(C)CCCCNS(=O)(=O)N1CCNCC1. The topological polar surface area (TPSA) is 64.7 Å². The minimum absolute atomic E-state index is 0.528. The van der Waals surface area contributed by atoms with Gasteiger partial charge in [0.05, 0.1) is 0 Å². The van der Waals surface area contributed by atoms with Crippen LogP contribution < -0.4 is 10.0 Å². The van der Waals surface area contributed by atoms with Gasteiger partial charge in [0.1, 0.15) is 0 Å². The first-order valence-electron chi connectivity index (χ1n) is 6.12. The average Bonchev–Trinajstić information content (AvgIpc) is 2.29. The predicted molar refractivity (Wildman–Crippen MR) is 69.2 cm³/mol. The van der Waals surface area contributed by atoms with Crippen LogP contribution in [0.1, 0.15) is 12.8 Å². The highest BCUT2D eigenvalue weighted by Gasteiger charge is 2.22. The van der Waals surface area contributed by atoms with Crippen LogP contribution in [0.5, 0.6) is 0 Å². The molecule has 0 aromatic rings. The third-order valence-corrected chi connectivity index (χ3v) is 4.35. The van der Waals surface area contributed by atoms with E-state index in [0.29, 0.717) is 19.6 Å². The lowest BCUT2D eigenvalue weighted by Crippen LogP contribution is -2.50. The van der Waals surface area contributed by atoms with Gasteiger partial charge < -0.3 is 10.2 Å². The normalized spacial score (nSPS) is 18.8. The summed E-state index contributed by atoms with van der Waals surface area (Å²) >= 11 is 0. The van der Waals surface area contributed by atoms with E-state index in [0.717, 1.165) is 32.5 Å². The van der Waals surface area contributed by atoms with Crippen molar-refractivity contribution in [2.24, 2.45) is 0 Å². The Morgan fingerprint density at radius 3 is 2.47 bits per heavy atom. The van der Waals surface area contributed by atoms with E-state index in [1.807, 2.05) is 14.1 Å². The lowest BCUT2D eigenvalue weighted by molar-refractivity contribution is 0.353. The number of rotatable bonds is 7. The molecule has 7 heteroatoms. The zero-order valence-corrected chi connectivity index (χ0v) is 11.6. The molecule has 0 aromatic heterocycles. The van der Waals surface area contributed by atoms with Gasteiger partial charge in [-0.05, 0) is 33.5 Å². The molecule has 0 unspecified atom stereocenters. The van der Waals surface area contributed by atoms with E-state index in [1.54, 1.807) is 0 Å². The second kappa shape index (κ2) is 7.27. The molecule has 0 amide bonds. The van der Waals surface area contributed by atoms with Crippen LogP contribution in [0.15, 0.2) is 0 Å². The fourth-order valence-electron chi connectivity index (χ4n) is 1.73. The molecule has 0 bridgehead atoms. The molecule has 0 spiro atoms. The van der Waals surface area contributed by atoms with Gasteiger partial charge in [-0.3, -0.25) is 0 Å². The average molecular weight is 264 g/mol. The molecule has 0 saturated carbocycles. The molecular formula is C10H24N4O2S. The van der Waals surface area contributed by atoms with Gasteiger partial charge in [0, 0.05) is 32.7 Å². The van der Waals surface area contributed by atoms with Crippen LogP contribution in [0.4, 0.5) is 0 Å². The van der Waals surface area contributed by atoms with E-state index < -0.39 is 10.2 Å². The standard InChI is InChI=1S/C10H24N4O2S/c1-13(2)8-4-3-5-12-17(15,16)14-9-6-11-7-10-14/h11-12H,3-10H2,1-2H3. The first-order valence-corrected chi connectivity index (χ1v) is 7.56. The molecule has 2 N–H and O–H groups in total. The summed E-state index contributed by atoms with van der Waals surface area (Å²) < 4.78 is 27.9. The summed E-state index contributed by atoms with van der Waals surface area (Å²) in [5.74, 6) is 0. The van der Waals surface area contributed by atoms with Crippen molar-refractivity contribution < 1.29 is 8.42 Å². The summed E-state index contributed by atoms with van der Waals surface area (Å²) in [4.78, 5) is 2.10. The van der Waals surface area contributed by atoms with Crippen molar-refractivity contribution in [2.75, 3.05) is 53.4 Å². The first-order chi connectivity index (χ1) is 8.02. The second-order valence-electron chi connectivity index (χ2n) is 4.56. The Kier molecular flexibility index (Phi) is 6.35. The van der Waals surface area contributed by atoms with E-state index in [1.165, 1.54) is 4.31 Å². The van der Waals surface area contributed by atoms with Gasteiger partial charge in [0.25, 0.3) is 10.2 Å². The smallest absolute Gasteiger partial charge is 0.279 e. The third kappa shape index (κ3) is 5.78. The molecule has 0 aliphatic carbocycles. The van der Waals surface area contributed by atoms with Gasteiger partial charge in [-0.1, -0.05) is 0 Å². The van der Waals surface area contributed by atoms with E-state index in [4.69, 9.17) is 0 Å². The predicted octanol–water partition coefficient (Wildman–Crippen LogP) is -0.932. The number of hydrogen-bond donors (Lipinski definition) is 2. The highest BCUT2D eigenvalue weighted by Crippen LogP contribution is 2.00. The molecule has 6 nitrogen and oxygen atoms in total. The van der Waals surface area contributed by atoms with Crippen molar-refractivity contribution in [1.29, 1.82) is 0 Å². The molecule has 0 aromatic carbocycles. The second-order valence-corrected chi connectivity index (χ2v) is 6.31. The third-order valence-electron chi connectivity index (χ3n) is 2.73. The molecule has 1 heterocycles. The number of hydrogen-bond acceptors (Lipinski definition) is 4. The molecule has 0 atom stereocenters. The summed E-state index contributed by atoms with van der Waals surface area (Å²) in [5.41, 5.74) is 0. The highest BCUT2D eigenvalue weighted by molar-refractivity contribution is 7.87. The Hall–Kier alpha value is -0.210. The molecule has 1 aliphatic heterocycles. The van der Waals surface area contributed by atoms with Gasteiger partial charge in [-0.25, -0.2) is 4.72 Å². The van der Waals surface area contributed by atoms with Gasteiger partial charge in [-0.2, -0.15) is 12.7 Å². The zero-order valence-electron chi connectivity index (χ0n) is 10.8. The van der Waals surface area contributed by atoms with Crippen LogP contribution >= 0.6 is 0 Å². The van der Waals surface area contributed by atoms with E-state index in [9.17, 15) is 8.42 Å². The summed E-state index contributed by atoms with van der Waals surface area (Å²) in [6.07, 6.45) is 1.89. The van der Waals surface area contributed by atoms with E-state index in [2.05, 4.69) is 14.9 Å². The fraction of sp³-hybridized carbons (Fsp3) is 1.00. The summed E-state index contributed by atoms with van der Waals surface area (Å²) in [7, 11) is 0.783. The molecule has 1 aliphatic rings. The van der Waals surface area contributed by atoms with Crippen LogP contribution in [0.3, 0.4) is 0 Å². The van der Waals surface area contributed by atoms with Crippen molar-refractivity contribution in [3.05, 3.63) is 0 Å². The Morgan fingerprint density at radius 2 is 1.88 bits per heavy atom. The Balaban J connectivity index is 2.20. The fourth-order valence-corrected chi connectivity index (χ4v) is 2.98. The largest absolute Gasteiger partial charge is 0.314 e. The van der Waals surface area contributed by atoms with Crippen molar-refractivity contribution >= 4 is 10.2 Å². The van der Waals surface area contributed by atoms with Crippen molar-refractivity contribution in [3.63, 3.8) is 0 Å².